The van der Waals surface area contributed by atoms with E-state index in [9.17, 15) is 14.0 Å². The van der Waals surface area contributed by atoms with Gasteiger partial charge in [-0.1, -0.05) is 36.4 Å². The Labute approximate surface area is 198 Å². The summed E-state index contributed by atoms with van der Waals surface area (Å²) in [7, 11) is 1.56. The average Bonchev–Trinajstić information content (AvgIpc) is 3.04. The first kappa shape index (κ1) is 23.2. The van der Waals surface area contributed by atoms with Gasteiger partial charge in [0.25, 0.3) is 11.8 Å². The van der Waals surface area contributed by atoms with E-state index < -0.39 is 5.91 Å². The maximum atomic E-state index is 13.5. The molecule has 1 N–H and O–H groups in total. The Kier molecular flexibility index (Phi) is 6.50. The fourth-order valence-electron chi connectivity index (χ4n) is 4.01. The minimum Gasteiger partial charge on any atom is -0.495 e. The van der Waals surface area contributed by atoms with Crippen molar-refractivity contribution in [2.24, 2.45) is 0 Å². The summed E-state index contributed by atoms with van der Waals surface area (Å²) in [5.74, 6) is -0.509. The molecule has 2 amide bonds. The van der Waals surface area contributed by atoms with E-state index >= 15 is 0 Å². The van der Waals surface area contributed by atoms with E-state index in [1.165, 1.54) is 17.0 Å². The van der Waals surface area contributed by atoms with Gasteiger partial charge < -0.3 is 10.1 Å². The summed E-state index contributed by atoms with van der Waals surface area (Å²) in [4.78, 5) is 28.3. The zero-order valence-electron chi connectivity index (χ0n) is 19.7. The predicted octanol–water partition coefficient (Wildman–Crippen LogP) is 5.19. The van der Waals surface area contributed by atoms with Crippen LogP contribution in [0.2, 0.25) is 0 Å². The number of hydrogen-bond acceptors (Lipinski definition) is 4. The largest absolute Gasteiger partial charge is 0.495 e. The van der Waals surface area contributed by atoms with Gasteiger partial charge >= 0.3 is 0 Å². The van der Waals surface area contributed by atoms with Crippen LogP contribution in [0.3, 0.4) is 0 Å². The van der Waals surface area contributed by atoms with Crippen LogP contribution in [0, 0.1) is 26.6 Å². The SMILES string of the molecule is COc1ccc(C)cc1NC1=C(c2ccc(C)c(C)c2)C(=O)N(CCc2ccc(F)cc2)C1=O. The Morgan fingerprint density at radius 3 is 2.29 bits per heavy atom. The monoisotopic (exact) mass is 458 g/mol. The van der Waals surface area contributed by atoms with Crippen molar-refractivity contribution in [2.75, 3.05) is 19.0 Å². The van der Waals surface area contributed by atoms with Gasteiger partial charge in [0.05, 0.1) is 18.4 Å². The molecule has 0 aromatic heterocycles. The number of methoxy groups -OCH3 is 1. The van der Waals surface area contributed by atoms with Crippen molar-refractivity contribution in [1.82, 2.24) is 4.90 Å². The first-order chi connectivity index (χ1) is 16.3. The van der Waals surface area contributed by atoms with Crippen LogP contribution in [0.5, 0.6) is 5.75 Å². The molecule has 34 heavy (non-hydrogen) atoms. The fraction of sp³-hybridized carbons (Fsp3) is 0.214. The Hall–Kier alpha value is -3.93. The number of aryl methyl sites for hydroxylation is 3. The highest BCUT2D eigenvalue weighted by molar-refractivity contribution is 6.36. The first-order valence-corrected chi connectivity index (χ1v) is 11.1. The molecule has 0 saturated heterocycles. The Balaban J connectivity index is 1.72. The topological polar surface area (TPSA) is 58.6 Å². The molecule has 4 rings (SSSR count). The van der Waals surface area contributed by atoms with Crippen LogP contribution >= 0.6 is 0 Å². The van der Waals surface area contributed by atoms with E-state index in [0.717, 1.165) is 22.3 Å². The van der Waals surface area contributed by atoms with Gasteiger partial charge in [-0.15, -0.1) is 0 Å². The summed E-state index contributed by atoms with van der Waals surface area (Å²) in [5.41, 5.74) is 5.80. The molecule has 0 spiro atoms. The van der Waals surface area contributed by atoms with Gasteiger partial charge in [-0.25, -0.2) is 4.39 Å². The molecule has 0 radical (unpaired) electrons. The number of benzene rings is 3. The molecule has 0 aliphatic carbocycles. The second-order valence-corrected chi connectivity index (χ2v) is 8.52. The normalized spacial score (nSPS) is 13.6. The highest BCUT2D eigenvalue weighted by Gasteiger charge is 2.39. The molecule has 0 fully saturated rings. The second kappa shape index (κ2) is 9.51. The summed E-state index contributed by atoms with van der Waals surface area (Å²) in [6.07, 6.45) is 0.430. The number of halogens is 1. The molecular weight excluding hydrogens is 431 g/mol. The molecule has 3 aromatic carbocycles. The van der Waals surface area contributed by atoms with Crippen molar-refractivity contribution in [3.63, 3.8) is 0 Å². The molecule has 174 valence electrons. The van der Waals surface area contributed by atoms with E-state index in [1.807, 2.05) is 57.2 Å². The molecule has 0 unspecified atom stereocenters. The number of amides is 2. The lowest BCUT2D eigenvalue weighted by molar-refractivity contribution is -0.136. The van der Waals surface area contributed by atoms with Crippen LogP contribution < -0.4 is 10.1 Å². The number of imide groups is 1. The van der Waals surface area contributed by atoms with Crippen LogP contribution in [0.15, 0.2) is 66.4 Å². The molecule has 1 aliphatic rings. The molecule has 6 heteroatoms. The maximum absolute atomic E-state index is 13.5. The second-order valence-electron chi connectivity index (χ2n) is 8.52. The van der Waals surface area contributed by atoms with Gasteiger partial charge in [0.1, 0.15) is 17.3 Å². The van der Waals surface area contributed by atoms with E-state index in [1.54, 1.807) is 19.2 Å². The lowest BCUT2D eigenvalue weighted by Crippen LogP contribution is -2.34. The van der Waals surface area contributed by atoms with Crippen molar-refractivity contribution in [3.05, 3.63) is 100.0 Å². The van der Waals surface area contributed by atoms with Crippen molar-refractivity contribution < 1.29 is 18.7 Å². The maximum Gasteiger partial charge on any atom is 0.278 e. The third-order valence-corrected chi connectivity index (χ3v) is 6.12. The van der Waals surface area contributed by atoms with Crippen LogP contribution in [-0.4, -0.2) is 30.4 Å². The van der Waals surface area contributed by atoms with Gasteiger partial charge in [-0.3, -0.25) is 14.5 Å². The number of nitrogens with one attached hydrogen (secondary N) is 1. The van der Waals surface area contributed by atoms with Gasteiger partial charge in [0, 0.05) is 6.54 Å². The molecule has 0 atom stereocenters. The average molecular weight is 459 g/mol. The molecule has 1 aliphatic heterocycles. The number of anilines is 1. The number of rotatable bonds is 7. The number of carbonyl (C=O) groups is 2. The Morgan fingerprint density at radius 1 is 0.882 bits per heavy atom. The number of carbonyl (C=O) groups excluding carboxylic acids is 2. The first-order valence-electron chi connectivity index (χ1n) is 11.1. The van der Waals surface area contributed by atoms with Crippen molar-refractivity contribution in [2.45, 2.75) is 27.2 Å². The summed E-state index contributed by atoms with van der Waals surface area (Å²) < 4.78 is 18.7. The highest BCUT2D eigenvalue weighted by Crippen LogP contribution is 2.34. The summed E-state index contributed by atoms with van der Waals surface area (Å²) in [6.45, 7) is 6.11. The molecule has 0 saturated carbocycles. The van der Waals surface area contributed by atoms with Crippen molar-refractivity contribution in [3.8, 4) is 5.75 Å². The van der Waals surface area contributed by atoms with Crippen LogP contribution in [-0.2, 0) is 16.0 Å². The minimum absolute atomic E-state index is 0.188. The highest BCUT2D eigenvalue weighted by atomic mass is 19.1. The van der Waals surface area contributed by atoms with Gasteiger partial charge in [-0.2, -0.15) is 0 Å². The smallest absolute Gasteiger partial charge is 0.278 e. The summed E-state index contributed by atoms with van der Waals surface area (Å²) >= 11 is 0. The zero-order valence-corrected chi connectivity index (χ0v) is 19.7. The minimum atomic E-state index is -0.399. The molecule has 1 heterocycles. The predicted molar refractivity (Wildman–Crippen MR) is 131 cm³/mol. The lowest BCUT2D eigenvalue weighted by Gasteiger charge is -2.16. The quantitative estimate of drug-likeness (QED) is 0.495. The molecule has 5 nitrogen and oxygen atoms in total. The van der Waals surface area contributed by atoms with Crippen LogP contribution in [0.4, 0.5) is 10.1 Å². The number of nitrogens with zero attached hydrogens (tertiary/aromatic N) is 1. The fourth-order valence-corrected chi connectivity index (χ4v) is 4.01. The Morgan fingerprint density at radius 2 is 1.62 bits per heavy atom. The Bertz CT molecular complexity index is 1300. The number of hydrogen-bond donors (Lipinski definition) is 1. The van der Waals surface area contributed by atoms with Crippen LogP contribution in [0.25, 0.3) is 5.57 Å². The third kappa shape index (κ3) is 4.57. The van der Waals surface area contributed by atoms with Crippen LogP contribution in [0.1, 0.15) is 27.8 Å². The van der Waals surface area contributed by atoms with Crippen molar-refractivity contribution >= 4 is 23.1 Å². The van der Waals surface area contributed by atoms with E-state index in [4.69, 9.17) is 4.74 Å². The van der Waals surface area contributed by atoms with Gasteiger partial charge in [0.2, 0.25) is 0 Å². The van der Waals surface area contributed by atoms with Gasteiger partial charge in [0.15, 0.2) is 0 Å². The standard InChI is InChI=1S/C28H27FN2O3/c1-17-5-12-24(34-4)23(15-17)30-26-25(21-9-6-18(2)19(3)16-21)27(32)31(28(26)33)14-13-20-7-10-22(29)11-8-20/h5-12,15-16,30H,13-14H2,1-4H3. The molecule has 0 bridgehead atoms. The molecular formula is C28H27FN2O3. The van der Waals surface area contributed by atoms with Crippen molar-refractivity contribution in [1.29, 1.82) is 0 Å². The number of ether oxygens (including phenoxy) is 1. The molecule has 3 aromatic rings. The summed E-state index contributed by atoms with van der Waals surface area (Å²) in [6, 6.07) is 17.4. The lowest BCUT2D eigenvalue weighted by atomic mass is 9.99. The van der Waals surface area contributed by atoms with Gasteiger partial charge in [-0.05, 0) is 79.3 Å². The van der Waals surface area contributed by atoms with E-state index in [0.29, 0.717) is 29.0 Å². The van der Waals surface area contributed by atoms with E-state index in [-0.39, 0.29) is 24.0 Å². The zero-order chi connectivity index (χ0) is 24.4. The third-order valence-electron chi connectivity index (χ3n) is 6.12. The van der Waals surface area contributed by atoms with E-state index in [2.05, 4.69) is 5.32 Å². The summed E-state index contributed by atoms with van der Waals surface area (Å²) in [5, 5.41) is 3.19.